The highest BCUT2D eigenvalue weighted by Crippen LogP contribution is 2.33. The number of aromatic nitrogens is 2. The highest BCUT2D eigenvalue weighted by molar-refractivity contribution is 6.02. The summed E-state index contributed by atoms with van der Waals surface area (Å²) in [5.41, 5.74) is 1.38. The first-order valence-electron chi connectivity index (χ1n) is 8.32. The van der Waals surface area contributed by atoms with Crippen molar-refractivity contribution in [1.82, 2.24) is 14.9 Å². The number of amides is 2. The Bertz CT molecular complexity index is 825. The molecule has 2 aliphatic rings. The van der Waals surface area contributed by atoms with Crippen molar-refractivity contribution >= 4 is 28.7 Å². The molecule has 2 aromatic heterocycles. The van der Waals surface area contributed by atoms with Gasteiger partial charge in [0.2, 0.25) is 17.5 Å². The maximum absolute atomic E-state index is 12.6. The highest BCUT2D eigenvalue weighted by atomic mass is 16.3. The van der Waals surface area contributed by atoms with E-state index in [1.165, 1.54) is 19.2 Å². The van der Waals surface area contributed by atoms with E-state index in [1.54, 1.807) is 0 Å². The molecule has 1 saturated heterocycles. The average Bonchev–Trinajstić information content (AvgIpc) is 3.22. The van der Waals surface area contributed by atoms with Gasteiger partial charge in [-0.05, 0) is 32.6 Å². The molecule has 1 aliphatic carbocycles. The van der Waals surface area contributed by atoms with E-state index < -0.39 is 0 Å². The summed E-state index contributed by atoms with van der Waals surface area (Å²) in [6.45, 7) is 5.06. The van der Waals surface area contributed by atoms with Gasteiger partial charge < -0.3 is 14.6 Å². The van der Waals surface area contributed by atoms with Crippen LogP contribution in [0.1, 0.15) is 30.6 Å². The van der Waals surface area contributed by atoms with Crippen molar-refractivity contribution in [3.63, 3.8) is 0 Å². The molecule has 2 aromatic rings. The number of likely N-dealkylation sites (tertiary alicyclic amines) is 1. The number of carbonyl (C=O) groups excluding carboxylic acids is 2. The van der Waals surface area contributed by atoms with E-state index in [4.69, 9.17) is 4.42 Å². The number of nitrogens with zero attached hydrogens (tertiary/aromatic N) is 3. The number of anilines is 1. The Morgan fingerprint density at radius 2 is 2.17 bits per heavy atom. The zero-order valence-electron chi connectivity index (χ0n) is 13.8. The standard InChI is InChI=1S/C17H20N4O3/c1-9-10(2)24-17-14(9)15(18-8-19-17)20-16(23)12-5-13(22)21(7-12)6-11-3-4-11/h8,11-12H,3-7H2,1-2H3,(H,18,19,20,23). The number of aryl methyl sites for hydroxylation is 2. The van der Waals surface area contributed by atoms with Crippen molar-refractivity contribution in [2.75, 3.05) is 18.4 Å². The molecule has 0 radical (unpaired) electrons. The van der Waals surface area contributed by atoms with Gasteiger partial charge in [0.15, 0.2) is 0 Å². The van der Waals surface area contributed by atoms with Crippen LogP contribution in [0.5, 0.6) is 0 Å². The van der Waals surface area contributed by atoms with Crippen LogP contribution in [-0.2, 0) is 9.59 Å². The molecule has 2 fully saturated rings. The lowest BCUT2D eigenvalue weighted by Gasteiger charge is -2.15. The summed E-state index contributed by atoms with van der Waals surface area (Å²) in [6.07, 6.45) is 4.03. The molecule has 1 saturated carbocycles. The quantitative estimate of drug-likeness (QED) is 0.928. The van der Waals surface area contributed by atoms with E-state index in [2.05, 4.69) is 15.3 Å². The lowest BCUT2D eigenvalue weighted by molar-refractivity contribution is -0.128. The van der Waals surface area contributed by atoms with Crippen molar-refractivity contribution < 1.29 is 14.0 Å². The number of carbonyl (C=O) groups is 2. The number of rotatable bonds is 4. The van der Waals surface area contributed by atoms with Crippen molar-refractivity contribution in [2.45, 2.75) is 33.1 Å². The molecule has 7 heteroatoms. The van der Waals surface area contributed by atoms with Crippen LogP contribution in [0.15, 0.2) is 10.7 Å². The van der Waals surface area contributed by atoms with Crippen molar-refractivity contribution in [3.8, 4) is 0 Å². The second-order valence-electron chi connectivity index (χ2n) is 6.82. The predicted molar refractivity (Wildman–Crippen MR) is 87.3 cm³/mol. The van der Waals surface area contributed by atoms with Gasteiger partial charge in [-0.3, -0.25) is 9.59 Å². The highest BCUT2D eigenvalue weighted by Gasteiger charge is 2.37. The molecule has 2 amide bonds. The molecule has 126 valence electrons. The lowest BCUT2D eigenvalue weighted by Crippen LogP contribution is -2.30. The normalized spacial score (nSPS) is 20.8. The number of hydrogen-bond donors (Lipinski definition) is 1. The third kappa shape index (κ3) is 2.64. The Labute approximate surface area is 139 Å². The van der Waals surface area contributed by atoms with E-state index in [0.717, 1.165) is 23.3 Å². The fourth-order valence-corrected chi connectivity index (χ4v) is 3.23. The molecule has 1 aliphatic heterocycles. The van der Waals surface area contributed by atoms with Crippen LogP contribution in [0.2, 0.25) is 0 Å². The van der Waals surface area contributed by atoms with Crippen LogP contribution in [0.25, 0.3) is 11.1 Å². The monoisotopic (exact) mass is 328 g/mol. The van der Waals surface area contributed by atoms with Gasteiger partial charge >= 0.3 is 0 Å². The third-order valence-electron chi connectivity index (χ3n) is 4.97. The molecular weight excluding hydrogens is 308 g/mol. The molecular formula is C17H20N4O3. The summed E-state index contributed by atoms with van der Waals surface area (Å²) in [5, 5.41) is 3.59. The maximum atomic E-state index is 12.6. The second-order valence-corrected chi connectivity index (χ2v) is 6.82. The summed E-state index contributed by atoms with van der Waals surface area (Å²) < 4.78 is 5.57. The smallest absolute Gasteiger partial charge is 0.231 e. The van der Waals surface area contributed by atoms with Gasteiger partial charge in [-0.25, -0.2) is 9.97 Å². The topological polar surface area (TPSA) is 88.3 Å². The Morgan fingerprint density at radius 3 is 2.92 bits per heavy atom. The van der Waals surface area contributed by atoms with E-state index >= 15 is 0 Å². The van der Waals surface area contributed by atoms with Gasteiger partial charge in [-0.2, -0.15) is 0 Å². The summed E-state index contributed by atoms with van der Waals surface area (Å²) in [6, 6.07) is 0. The van der Waals surface area contributed by atoms with Gasteiger partial charge in [0.1, 0.15) is 17.9 Å². The minimum absolute atomic E-state index is 0.0743. The lowest BCUT2D eigenvalue weighted by atomic mass is 10.1. The zero-order valence-corrected chi connectivity index (χ0v) is 13.8. The zero-order chi connectivity index (χ0) is 16.8. The Hall–Kier alpha value is -2.44. The Kier molecular flexibility index (Phi) is 3.51. The molecule has 0 bridgehead atoms. The molecule has 4 rings (SSSR count). The van der Waals surface area contributed by atoms with Crippen molar-refractivity contribution in [1.29, 1.82) is 0 Å². The maximum Gasteiger partial charge on any atom is 0.231 e. The summed E-state index contributed by atoms with van der Waals surface area (Å²) in [4.78, 5) is 34.8. The van der Waals surface area contributed by atoms with Crippen LogP contribution in [0, 0.1) is 25.7 Å². The van der Waals surface area contributed by atoms with Crippen molar-refractivity contribution in [2.24, 2.45) is 11.8 Å². The van der Waals surface area contributed by atoms with Crippen LogP contribution in [0.4, 0.5) is 5.82 Å². The van der Waals surface area contributed by atoms with E-state index in [-0.39, 0.29) is 24.2 Å². The van der Waals surface area contributed by atoms with E-state index in [9.17, 15) is 9.59 Å². The number of nitrogens with one attached hydrogen (secondary N) is 1. The fraction of sp³-hybridized carbons (Fsp3) is 0.529. The van der Waals surface area contributed by atoms with Gasteiger partial charge in [0.05, 0.1) is 11.3 Å². The molecule has 1 unspecified atom stereocenters. The molecule has 3 heterocycles. The molecule has 1 N–H and O–H groups in total. The first kappa shape index (κ1) is 15.1. The predicted octanol–water partition coefficient (Wildman–Crippen LogP) is 2.04. The van der Waals surface area contributed by atoms with E-state index in [0.29, 0.717) is 24.0 Å². The third-order valence-corrected chi connectivity index (χ3v) is 4.97. The summed E-state index contributed by atoms with van der Waals surface area (Å²) in [7, 11) is 0. The Morgan fingerprint density at radius 1 is 1.38 bits per heavy atom. The number of furan rings is 1. The molecule has 1 atom stereocenters. The second kappa shape index (κ2) is 5.58. The van der Waals surface area contributed by atoms with Crippen LogP contribution >= 0.6 is 0 Å². The summed E-state index contributed by atoms with van der Waals surface area (Å²) in [5.74, 6) is 1.42. The minimum atomic E-state index is -0.324. The minimum Gasteiger partial charge on any atom is -0.443 e. The first-order valence-corrected chi connectivity index (χ1v) is 8.32. The number of fused-ring (bicyclic) bond motifs is 1. The van der Waals surface area contributed by atoms with Gasteiger partial charge in [0.25, 0.3) is 0 Å². The largest absolute Gasteiger partial charge is 0.443 e. The fourth-order valence-electron chi connectivity index (χ4n) is 3.23. The SMILES string of the molecule is Cc1oc2ncnc(NC(=O)C3CC(=O)N(CC4CC4)C3)c2c1C. The molecule has 7 nitrogen and oxygen atoms in total. The van der Waals surface area contributed by atoms with Crippen LogP contribution in [-0.4, -0.2) is 39.8 Å². The molecule has 24 heavy (non-hydrogen) atoms. The first-order chi connectivity index (χ1) is 11.5. The number of hydrogen-bond acceptors (Lipinski definition) is 5. The average molecular weight is 328 g/mol. The van der Waals surface area contributed by atoms with Gasteiger partial charge in [-0.15, -0.1) is 0 Å². The Balaban J connectivity index is 1.51. The molecule has 0 aromatic carbocycles. The van der Waals surface area contributed by atoms with E-state index in [1.807, 2.05) is 18.7 Å². The van der Waals surface area contributed by atoms with Gasteiger partial charge in [0, 0.05) is 25.1 Å². The molecule has 0 spiro atoms. The van der Waals surface area contributed by atoms with Crippen molar-refractivity contribution in [3.05, 3.63) is 17.7 Å². The van der Waals surface area contributed by atoms with Crippen LogP contribution in [0.3, 0.4) is 0 Å². The van der Waals surface area contributed by atoms with Crippen LogP contribution < -0.4 is 5.32 Å². The summed E-state index contributed by atoms with van der Waals surface area (Å²) >= 11 is 0. The van der Waals surface area contributed by atoms with Gasteiger partial charge in [-0.1, -0.05) is 0 Å².